The fourth-order valence-corrected chi connectivity index (χ4v) is 1.85. The Kier molecular flexibility index (Phi) is 4.16. The second kappa shape index (κ2) is 5.85. The lowest BCUT2D eigenvalue weighted by atomic mass is 10.1. The maximum absolute atomic E-state index is 12.2. The number of aryl methyl sites for hydroxylation is 1. The van der Waals surface area contributed by atoms with Crippen molar-refractivity contribution in [3.8, 4) is 0 Å². The van der Waals surface area contributed by atoms with E-state index in [1.165, 1.54) is 6.33 Å². The number of hydrogen-bond acceptors (Lipinski definition) is 4. The van der Waals surface area contributed by atoms with Gasteiger partial charge in [-0.05, 0) is 18.9 Å². The molecule has 7 nitrogen and oxygen atoms in total. The van der Waals surface area contributed by atoms with Crippen LogP contribution in [0.1, 0.15) is 48.9 Å². The zero-order valence-electron chi connectivity index (χ0n) is 12.2. The Morgan fingerprint density at radius 2 is 2.15 bits per heavy atom. The highest BCUT2D eigenvalue weighted by Gasteiger charge is 2.15. The highest BCUT2D eigenvalue weighted by Crippen LogP contribution is 2.13. The summed E-state index contributed by atoms with van der Waals surface area (Å²) in [6.45, 7) is 6.57. The minimum atomic E-state index is -0.126. The van der Waals surface area contributed by atoms with Gasteiger partial charge in [0, 0.05) is 13.6 Å². The van der Waals surface area contributed by atoms with Crippen molar-refractivity contribution in [2.24, 2.45) is 7.05 Å². The molecule has 1 unspecified atom stereocenters. The second-order valence-corrected chi connectivity index (χ2v) is 5.17. The first-order valence-corrected chi connectivity index (χ1v) is 6.65. The highest BCUT2D eigenvalue weighted by molar-refractivity contribution is 5.92. The van der Waals surface area contributed by atoms with Crippen LogP contribution >= 0.6 is 0 Å². The van der Waals surface area contributed by atoms with Gasteiger partial charge in [0.2, 0.25) is 0 Å². The van der Waals surface area contributed by atoms with Gasteiger partial charge in [-0.25, -0.2) is 9.67 Å². The fraction of sp³-hybridized carbons (Fsp3) is 0.538. The topological polar surface area (TPSA) is 77.6 Å². The van der Waals surface area contributed by atoms with Crippen LogP contribution in [0.4, 0.5) is 0 Å². The smallest absolute Gasteiger partial charge is 0.269 e. The van der Waals surface area contributed by atoms with Gasteiger partial charge in [-0.2, -0.15) is 10.2 Å². The minimum Gasteiger partial charge on any atom is -0.349 e. The number of hydrogen-bond donors (Lipinski definition) is 1. The SMILES string of the molecule is CC(C)c1cc(C(=O)NCC(C)n2cncn2)n(C)n1. The van der Waals surface area contributed by atoms with Gasteiger partial charge in [-0.15, -0.1) is 0 Å². The van der Waals surface area contributed by atoms with Crippen molar-refractivity contribution in [1.82, 2.24) is 29.9 Å². The third-order valence-corrected chi connectivity index (χ3v) is 3.17. The van der Waals surface area contributed by atoms with Crippen molar-refractivity contribution in [3.05, 3.63) is 30.1 Å². The normalized spacial score (nSPS) is 12.7. The molecular formula is C13H20N6O. The molecule has 0 aliphatic carbocycles. The van der Waals surface area contributed by atoms with E-state index in [1.54, 1.807) is 22.7 Å². The van der Waals surface area contributed by atoms with Crippen LogP contribution < -0.4 is 5.32 Å². The van der Waals surface area contributed by atoms with Gasteiger partial charge in [-0.1, -0.05) is 13.8 Å². The molecule has 1 atom stereocenters. The summed E-state index contributed by atoms with van der Waals surface area (Å²) < 4.78 is 3.33. The van der Waals surface area contributed by atoms with Crippen LogP contribution in [0, 0.1) is 0 Å². The molecule has 0 saturated heterocycles. The summed E-state index contributed by atoms with van der Waals surface area (Å²) in [5.41, 5.74) is 1.49. The Morgan fingerprint density at radius 3 is 2.70 bits per heavy atom. The van der Waals surface area contributed by atoms with Gasteiger partial charge in [0.15, 0.2) is 0 Å². The first-order chi connectivity index (χ1) is 9.49. The van der Waals surface area contributed by atoms with E-state index in [0.29, 0.717) is 18.2 Å². The van der Waals surface area contributed by atoms with Crippen LogP contribution in [0.25, 0.3) is 0 Å². The molecule has 0 aliphatic heterocycles. The Labute approximate surface area is 118 Å². The molecule has 2 heterocycles. The van der Waals surface area contributed by atoms with Crippen molar-refractivity contribution in [3.63, 3.8) is 0 Å². The summed E-state index contributed by atoms with van der Waals surface area (Å²) in [7, 11) is 1.78. The largest absolute Gasteiger partial charge is 0.349 e. The third-order valence-electron chi connectivity index (χ3n) is 3.17. The molecule has 7 heteroatoms. The molecule has 0 aromatic carbocycles. The van der Waals surface area contributed by atoms with E-state index >= 15 is 0 Å². The molecule has 0 aliphatic rings. The molecule has 1 amide bonds. The number of nitrogens with zero attached hydrogens (tertiary/aromatic N) is 5. The van der Waals surface area contributed by atoms with Crippen molar-refractivity contribution in [2.45, 2.75) is 32.7 Å². The van der Waals surface area contributed by atoms with Gasteiger partial charge in [0.05, 0.1) is 11.7 Å². The van der Waals surface area contributed by atoms with Gasteiger partial charge in [0.1, 0.15) is 18.3 Å². The van der Waals surface area contributed by atoms with Crippen molar-refractivity contribution in [2.75, 3.05) is 6.54 Å². The quantitative estimate of drug-likeness (QED) is 0.888. The molecule has 0 fully saturated rings. The number of carbonyl (C=O) groups is 1. The molecule has 1 N–H and O–H groups in total. The fourth-order valence-electron chi connectivity index (χ4n) is 1.85. The van der Waals surface area contributed by atoms with E-state index in [-0.39, 0.29) is 11.9 Å². The van der Waals surface area contributed by atoms with E-state index < -0.39 is 0 Å². The van der Waals surface area contributed by atoms with Gasteiger partial charge < -0.3 is 5.32 Å². The molecule has 2 aromatic heterocycles. The first kappa shape index (κ1) is 14.2. The number of amides is 1. The van der Waals surface area contributed by atoms with E-state index in [9.17, 15) is 4.79 Å². The van der Waals surface area contributed by atoms with Crippen LogP contribution in [-0.2, 0) is 7.05 Å². The molecule has 0 spiro atoms. The average Bonchev–Trinajstić information content (AvgIpc) is 3.04. The second-order valence-electron chi connectivity index (χ2n) is 5.17. The van der Waals surface area contributed by atoms with E-state index in [2.05, 4.69) is 34.3 Å². The Balaban J connectivity index is 1.98. The Hall–Kier alpha value is -2.18. The summed E-state index contributed by atoms with van der Waals surface area (Å²) in [6, 6.07) is 1.89. The van der Waals surface area contributed by atoms with E-state index in [4.69, 9.17) is 0 Å². The van der Waals surface area contributed by atoms with E-state index in [1.807, 2.05) is 13.0 Å². The Bertz CT molecular complexity index is 572. The molecule has 2 rings (SSSR count). The molecule has 0 radical (unpaired) electrons. The number of aromatic nitrogens is 5. The minimum absolute atomic E-state index is 0.0549. The maximum Gasteiger partial charge on any atom is 0.269 e. The average molecular weight is 276 g/mol. The van der Waals surface area contributed by atoms with Crippen LogP contribution in [-0.4, -0.2) is 37.0 Å². The molecule has 0 saturated carbocycles. The Morgan fingerprint density at radius 1 is 1.40 bits per heavy atom. The third kappa shape index (κ3) is 3.04. The van der Waals surface area contributed by atoms with Crippen LogP contribution in [0.2, 0.25) is 0 Å². The highest BCUT2D eigenvalue weighted by atomic mass is 16.2. The van der Waals surface area contributed by atoms with Crippen LogP contribution in [0.3, 0.4) is 0 Å². The lowest BCUT2D eigenvalue weighted by Gasteiger charge is -2.12. The van der Waals surface area contributed by atoms with Crippen molar-refractivity contribution in [1.29, 1.82) is 0 Å². The number of carbonyl (C=O) groups excluding carboxylic acids is 1. The lowest BCUT2D eigenvalue weighted by molar-refractivity contribution is 0.0938. The summed E-state index contributed by atoms with van der Waals surface area (Å²) in [5.74, 6) is 0.177. The molecular weight excluding hydrogens is 256 g/mol. The summed E-state index contributed by atoms with van der Waals surface area (Å²) in [5, 5.41) is 11.3. The lowest BCUT2D eigenvalue weighted by Crippen LogP contribution is -2.31. The molecule has 108 valence electrons. The molecule has 2 aromatic rings. The maximum atomic E-state index is 12.2. The van der Waals surface area contributed by atoms with E-state index in [0.717, 1.165) is 5.69 Å². The van der Waals surface area contributed by atoms with Crippen molar-refractivity contribution >= 4 is 5.91 Å². The number of rotatable bonds is 5. The number of nitrogens with one attached hydrogen (secondary N) is 1. The summed E-state index contributed by atoms with van der Waals surface area (Å²) >= 11 is 0. The van der Waals surface area contributed by atoms with Gasteiger partial charge in [0.25, 0.3) is 5.91 Å². The monoisotopic (exact) mass is 276 g/mol. The summed E-state index contributed by atoms with van der Waals surface area (Å²) in [6.07, 6.45) is 3.12. The van der Waals surface area contributed by atoms with Crippen molar-refractivity contribution < 1.29 is 4.79 Å². The standard InChI is InChI=1S/C13H20N6O/c1-9(2)11-5-12(18(4)17-11)13(20)15-6-10(3)19-8-14-7-16-19/h5,7-10H,6H2,1-4H3,(H,15,20). The zero-order chi connectivity index (χ0) is 14.7. The summed E-state index contributed by atoms with van der Waals surface area (Å²) in [4.78, 5) is 16.0. The molecule has 20 heavy (non-hydrogen) atoms. The van der Waals surface area contributed by atoms with Crippen LogP contribution in [0.15, 0.2) is 18.7 Å². The van der Waals surface area contributed by atoms with Gasteiger partial charge >= 0.3 is 0 Å². The molecule has 0 bridgehead atoms. The zero-order valence-corrected chi connectivity index (χ0v) is 12.2. The van der Waals surface area contributed by atoms with Gasteiger partial charge in [-0.3, -0.25) is 9.48 Å². The first-order valence-electron chi connectivity index (χ1n) is 6.65. The predicted octanol–water partition coefficient (Wildman–Crippen LogP) is 1.13. The van der Waals surface area contributed by atoms with Crippen LogP contribution in [0.5, 0.6) is 0 Å². The predicted molar refractivity (Wildman–Crippen MR) is 74.4 cm³/mol.